The van der Waals surface area contributed by atoms with Crippen LogP contribution in [-0.4, -0.2) is 153 Å². The van der Waals surface area contributed by atoms with E-state index in [1.165, 1.54) is 51.4 Å². The molecule has 0 heterocycles. The van der Waals surface area contributed by atoms with E-state index in [0.717, 1.165) is 116 Å². The molecule has 0 bridgehead atoms. The highest BCUT2D eigenvalue weighted by atomic mass is 127. The van der Waals surface area contributed by atoms with Crippen molar-refractivity contribution in [2.75, 3.05) is 135 Å². The van der Waals surface area contributed by atoms with E-state index in [1.807, 2.05) is 0 Å². The van der Waals surface area contributed by atoms with Crippen LogP contribution in [0.4, 0.5) is 0 Å². The third-order valence-electron chi connectivity index (χ3n) is 12.0. The highest BCUT2D eigenvalue weighted by molar-refractivity contribution is 5.74. The summed E-state index contributed by atoms with van der Waals surface area (Å²) in [6.07, 6.45) is 18.4. The van der Waals surface area contributed by atoms with Crippen molar-refractivity contribution in [1.29, 1.82) is 0 Å². The lowest BCUT2D eigenvalue weighted by atomic mass is 10.1. The Morgan fingerprint density at radius 2 is 0.530 bits per heavy atom. The summed E-state index contributed by atoms with van der Waals surface area (Å²) >= 11 is 0. The van der Waals surface area contributed by atoms with Crippen molar-refractivity contribution in [2.24, 2.45) is 0 Å². The molecule has 0 amide bonds. The number of halogens is 4. The van der Waals surface area contributed by atoms with E-state index in [4.69, 9.17) is 18.9 Å². The highest BCUT2D eigenvalue weighted by Gasteiger charge is 2.18. The van der Waals surface area contributed by atoms with Gasteiger partial charge in [-0.05, 0) is 72.2 Å². The molecule has 66 heavy (non-hydrogen) atoms. The van der Waals surface area contributed by atoms with Crippen molar-refractivity contribution in [3.05, 3.63) is 82.9 Å². The van der Waals surface area contributed by atoms with Crippen molar-refractivity contribution in [1.82, 2.24) is 0 Å². The van der Waals surface area contributed by atoms with Gasteiger partial charge in [0.25, 0.3) is 0 Å². The Morgan fingerprint density at radius 1 is 0.318 bits per heavy atom. The van der Waals surface area contributed by atoms with E-state index in [1.54, 1.807) is 0 Å². The van der Waals surface area contributed by atoms with E-state index < -0.39 is 0 Å². The molecule has 0 spiro atoms. The number of nitrogens with zero attached hydrogens (tertiary/aromatic N) is 4. The molecule has 0 N–H and O–H groups in total. The van der Waals surface area contributed by atoms with Gasteiger partial charge in [-0.3, -0.25) is 0 Å². The number of unbranched alkanes of at least 4 members (excludes halogenated alkanes) is 4. The smallest absolute Gasteiger partial charge is 0.137 e. The van der Waals surface area contributed by atoms with Gasteiger partial charge in [-0.25, -0.2) is 0 Å². The molecule has 8 nitrogen and oxygen atoms in total. The monoisotopic (exact) mass is 1370 g/mol. The fourth-order valence-corrected chi connectivity index (χ4v) is 7.25. The first-order valence-electron chi connectivity index (χ1n) is 24.0. The van der Waals surface area contributed by atoms with E-state index >= 15 is 0 Å². The molecule has 0 aliphatic heterocycles. The predicted octanol–water partition coefficient (Wildman–Crippen LogP) is -0.935. The first-order valence-corrected chi connectivity index (χ1v) is 24.0. The molecule has 3 aromatic carbocycles. The second kappa shape index (κ2) is 35.2. The Bertz CT molecular complexity index is 1570. The molecule has 0 fully saturated rings. The SMILES string of the molecule is CCCC[N+](C)(C)CCOc1cc(/C=C/c2ccc(/C=C/c3cc(OCC[N+](C)(C)CCCC)cc(OCC[N+](C)(C)CCCC)c3)cc2)cc(OCC[N+](C)(C)CCCC)c1.[I-].[I-].[I-].[I-]. The van der Waals surface area contributed by atoms with Crippen molar-refractivity contribution >= 4 is 24.3 Å². The summed E-state index contributed by atoms with van der Waals surface area (Å²) in [4.78, 5) is 0. The van der Waals surface area contributed by atoms with Crippen LogP contribution in [0.5, 0.6) is 23.0 Å². The number of hydrogen-bond acceptors (Lipinski definition) is 4. The van der Waals surface area contributed by atoms with Gasteiger partial charge < -0.3 is 133 Å². The van der Waals surface area contributed by atoms with Gasteiger partial charge in [0.05, 0.1) is 82.6 Å². The average molecular weight is 1370 g/mol. The largest absolute Gasteiger partial charge is 1.00 e. The maximum Gasteiger partial charge on any atom is 0.137 e. The van der Waals surface area contributed by atoms with E-state index in [9.17, 15) is 0 Å². The molecule has 0 saturated heterocycles. The second-order valence-corrected chi connectivity index (χ2v) is 20.1. The molecule has 0 saturated carbocycles. The molecule has 12 heteroatoms. The predicted molar refractivity (Wildman–Crippen MR) is 266 cm³/mol. The van der Waals surface area contributed by atoms with E-state index in [-0.39, 0.29) is 95.9 Å². The fraction of sp³-hybridized carbons (Fsp3) is 0.593. The van der Waals surface area contributed by atoms with Crippen LogP contribution in [0, 0.1) is 0 Å². The van der Waals surface area contributed by atoms with Gasteiger partial charge in [-0.2, -0.15) is 0 Å². The van der Waals surface area contributed by atoms with Crippen LogP contribution in [0.3, 0.4) is 0 Å². The lowest BCUT2D eigenvalue weighted by Crippen LogP contribution is -3.00. The maximum atomic E-state index is 6.38. The minimum Gasteiger partial charge on any atom is -1.00 e. The van der Waals surface area contributed by atoms with E-state index in [0.29, 0.717) is 26.4 Å². The Hall–Kier alpha value is -0.900. The average Bonchev–Trinajstić information content (AvgIpc) is 3.22. The lowest BCUT2D eigenvalue weighted by molar-refractivity contribution is -0.890. The molecule has 0 aromatic heterocycles. The lowest BCUT2D eigenvalue weighted by Gasteiger charge is -2.30. The summed E-state index contributed by atoms with van der Waals surface area (Å²) in [5, 5.41) is 0. The zero-order valence-electron chi connectivity index (χ0n) is 43.2. The van der Waals surface area contributed by atoms with Crippen molar-refractivity contribution < 1.29 is 133 Å². The summed E-state index contributed by atoms with van der Waals surface area (Å²) in [6, 6.07) is 21.3. The number of quaternary nitrogens is 4. The van der Waals surface area contributed by atoms with Crippen LogP contribution in [0.2, 0.25) is 0 Å². The molecular formula is C54H90I4N4O4. The first-order chi connectivity index (χ1) is 29.5. The summed E-state index contributed by atoms with van der Waals surface area (Å²) in [6.45, 7) is 20.1. The molecule has 378 valence electrons. The maximum absolute atomic E-state index is 6.38. The number of benzene rings is 3. The molecular weight excluding hydrogens is 1280 g/mol. The van der Waals surface area contributed by atoms with Gasteiger partial charge in [-0.1, -0.05) is 102 Å². The molecule has 0 aliphatic rings. The van der Waals surface area contributed by atoms with Gasteiger partial charge in [0.15, 0.2) is 0 Å². The first kappa shape index (κ1) is 67.2. The minimum atomic E-state index is 0. The van der Waals surface area contributed by atoms with Gasteiger partial charge in [-0.15, -0.1) is 0 Å². The second-order valence-electron chi connectivity index (χ2n) is 20.1. The number of rotatable bonds is 32. The molecule has 0 aliphatic carbocycles. The van der Waals surface area contributed by atoms with Crippen LogP contribution < -0.4 is 115 Å². The highest BCUT2D eigenvalue weighted by Crippen LogP contribution is 2.27. The number of likely N-dealkylation sites (N-methyl/N-ethyl adjacent to an activating group) is 4. The zero-order chi connectivity index (χ0) is 45.5. The number of ether oxygens (including phenoxy) is 4. The molecule has 0 atom stereocenters. The summed E-state index contributed by atoms with van der Waals surface area (Å²) in [5.41, 5.74) is 4.39. The summed E-state index contributed by atoms with van der Waals surface area (Å²) in [5.74, 6) is 3.41. The van der Waals surface area contributed by atoms with Crippen LogP contribution >= 0.6 is 0 Å². The standard InChI is InChI=1S/C54H90N4O4.4HI/c1-13-17-29-55(5,6)33-37-59-51-41-49(42-52(45-51)60-38-34-56(7,8)30-18-14-2)27-25-47-21-23-48(24-22-47)26-28-50-43-53(61-39-35-57(9,10)31-19-15-3)46-54(44-50)62-40-36-58(11,12)32-20-16-4;;;;/h21-28,41-46H,13-20,29-40H2,1-12H3;4*1H/q+4;;;;/p-4/b27-25+,28-26+;;;;. The molecule has 3 aromatic rings. The normalized spacial score (nSPS) is 11.9. The summed E-state index contributed by atoms with van der Waals surface area (Å²) in [7, 11) is 18.3. The fourth-order valence-electron chi connectivity index (χ4n) is 7.25. The molecule has 0 unspecified atom stereocenters. The Balaban J connectivity index is 0. The Morgan fingerprint density at radius 3 is 0.742 bits per heavy atom. The van der Waals surface area contributed by atoms with Crippen LogP contribution in [0.25, 0.3) is 24.3 Å². The summed E-state index contributed by atoms with van der Waals surface area (Å²) < 4.78 is 29.4. The van der Waals surface area contributed by atoms with Crippen molar-refractivity contribution in [3.8, 4) is 23.0 Å². The van der Waals surface area contributed by atoms with Crippen LogP contribution in [-0.2, 0) is 0 Å². The third-order valence-corrected chi connectivity index (χ3v) is 12.0. The van der Waals surface area contributed by atoms with Gasteiger partial charge >= 0.3 is 0 Å². The Kier molecular flexibility index (Phi) is 35.9. The van der Waals surface area contributed by atoms with Crippen LogP contribution in [0.1, 0.15) is 101 Å². The topological polar surface area (TPSA) is 36.9 Å². The number of hydrogen-bond donors (Lipinski definition) is 0. The zero-order valence-corrected chi connectivity index (χ0v) is 51.8. The third kappa shape index (κ3) is 29.3. The van der Waals surface area contributed by atoms with Crippen LogP contribution in [0.15, 0.2) is 60.7 Å². The molecule has 3 rings (SSSR count). The van der Waals surface area contributed by atoms with Gasteiger partial charge in [0, 0.05) is 12.1 Å². The van der Waals surface area contributed by atoms with Crippen molar-refractivity contribution in [2.45, 2.75) is 79.1 Å². The van der Waals surface area contributed by atoms with Gasteiger partial charge in [0.1, 0.15) is 75.6 Å². The van der Waals surface area contributed by atoms with E-state index in [2.05, 4.69) is 169 Å². The molecule has 0 radical (unpaired) electrons. The van der Waals surface area contributed by atoms with Crippen molar-refractivity contribution in [3.63, 3.8) is 0 Å². The quantitative estimate of drug-likeness (QED) is 0.0461. The minimum absolute atomic E-state index is 0. The van der Waals surface area contributed by atoms with Gasteiger partial charge in [0.2, 0.25) is 0 Å². The Labute approximate surface area is 472 Å².